The molecule has 30 heavy (non-hydrogen) atoms. The van der Waals surface area contributed by atoms with Crippen LogP contribution >= 0.6 is 12.2 Å². The van der Waals surface area contributed by atoms with Crippen molar-refractivity contribution < 1.29 is 9.53 Å². The highest BCUT2D eigenvalue weighted by Crippen LogP contribution is 2.22. The van der Waals surface area contributed by atoms with Gasteiger partial charge in [0.25, 0.3) is 5.91 Å². The van der Waals surface area contributed by atoms with E-state index in [1.54, 1.807) is 12.1 Å². The summed E-state index contributed by atoms with van der Waals surface area (Å²) in [4.78, 5) is 12.5. The van der Waals surface area contributed by atoms with Crippen molar-refractivity contribution in [3.63, 3.8) is 0 Å². The van der Waals surface area contributed by atoms with Gasteiger partial charge in [0.05, 0.1) is 6.61 Å². The monoisotopic (exact) mass is 420 g/mol. The van der Waals surface area contributed by atoms with Crippen LogP contribution in [0.4, 0.5) is 5.69 Å². The molecule has 0 unspecified atom stereocenters. The van der Waals surface area contributed by atoms with Gasteiger partial charge in [0, 0.05) is 16.6 Å². The van der Waals surface area contributed by atoms with Crippen LogP contribution in [0.3, 0.4) is 0 Å². The van der Waals surface area contributed by atoms with Crippen LogP contribution in [0.15, 0.2) is 66.7 Å². The molecule has 0 aliphatic heterocycles. The van der Waals surface area contributed by atoms with Gasteiger partial charge in [-0.3, -0.25) is 10.1 Å². The van der Waals surface area contributed by atoms with Crippen LogP contribution in [0.5, 0.6) is 5.75 Å². The smallest absolute Gasteiger partial charge is 0.257 e. The average molecular weight is 421 g/mol. The lowest BCUT2D eigenvalue weighted by Gasteiger charge is -2.12. The first kappa shape index (κ1) is 21.8. The van der Waals surface area contributed by atoms with Crippen LogP contribution in [0.2, 0.25) is 0 Å². The van der Waals surface area contributed by atoms with E-state index >= 15 is 0 Å². The van der Waals surface area contributed by atoms with Crippen molar-refractivity contribution in [3.05, 3.63) is 72.3 Å². The number of anilines is 1. The maximum Gasteiger partial charge on any atom is 0.257 e. The third-order valence-corrected chi connectivity index (χ3v) is 5.10. The Balaban J connectivity index is 1.50. The van der Waals surface area contributed by atoms with Gasteiger partial charge in [0.2, 0.25) is 0 Å². The van der Waals surface area contributed by atoms with Crippen molar-refractivity contribution in [2.75, 3.05) is 11.9 Å². The Morgan fingerprint density at radius 3 is 2.43 bits per heavy atom. The predicted molar refractivity (Wildman–Crippen MR) is 128 cm³/mol. The molecule has 0 aromatic heterocycles. The lowest BCUT2D eigenvalue weighted by atomic mass is 10.1. The molecule has 0 saturated carbocycles. The lowest BCUT2D eigenvalue weighted by Crippen LogP contribution is -2.34. The predicted octanol–water partition coefficient (Wildman–Crippen LogP) is 6.32. The number of benzene rings is 3. The van der Waals surface area contributed by atoms with E-state index in [-0.39, 0.29) is 11.0 Å². The largest absolute Gasteiger partial charge is 0.494 e. The van der Waals surface area contributed by atoms with Gasteiger partial charge < -0.3 is 10.1 Å². The van der Waals surface area contributed by atoms with E-state index in [2.05, 4.69) is 17.6 Å². The molecule has 4 nitrogen and oxygen atoms in total. The number of carbonyl (C=O) groups excluding carboxylic acids is 1. The second kappa shape index (κ2) is 11.3. The first-order valence-electron chi connectivity index (χ1n) is 10.5. The van der Waals surface area contributed by atoms with E-state index in [4.69, 9.17) is 17.0 Å². The molecule has 3 aromatic carbocycles. The molecular weight excluding hydrogens is 392 g/mol. The molecule has 0 aliphatic rings. The zero-order valence-electron chi connectivity index (χ0n) is 17.3. The van der Waals surface area contributed by atoms with E-state index in [9.17, 15) is 4.79 Å². The summed E-state index contributed by atoms with van der Waals surface area (Å²) >= 11 is 5.33. The van der Waals surface area contributed by atoms with Crippen molar-refractivity contribution in [2.24, 2.45) is 0 Å². The molecular formula is C25H28N2O2S. The highest BCUT2D eigenvalue weighted by Gasteiger charge is 2.09. The quantitative estimate of drug-likeness (QED) is 0.314. The summed E-state index contributed by atoms with van der Waals surface area (Å²) in [6, 6.07) is 21.1. The Hall–Kier alpha value is -2.92. The third kappa shape index (κ3) is 6.29. The van der Waals surface area contributed by atoms with E-state index < -0.39 is 0 Å². The van der Waals surface area contributed by atoms with Crippen LogP contribution in [0.1, 0.15) is 49.4 Å². The van der Waals surface area contributed by atoms with Gasteiger partial charge in [-0.05, 0) is 54.4 Å². The van der Waals surface area contributed by atoms with E-state index in [0.717, 1.165) is 28.6 Å². The summed E-state index contributed by atoms with van der Waals surface area (Å²) in [5.41, 5.74) is 1.40. The summed E-state index contributed by atoms with van der Waals surface area (Å²) in [6.07, 6.45) is 6.02. The van der Waals surface area contributed by atoms with E-state index in [0.29, 0.717) is 12.2 Å². The Morgan fingerprint density at radius 1 is 0.900 bits per heavy atom. The van der Waals surface area contributed by atoms with Crippen molar-refractivity contribution in [1.82, 2.24) is 5.32 Å². The Labute approximate surface area is 183 Å². The first-order valence-corrected chi connectivity index (χ1v) is 10.9. The number of hydrogen-bond acceptors (Lipinski definition) is 3. The molecule has 0 aliphatic carbocycles. The van der Waals surface area contributed by atoms with E-state index in [1.807, 2.05) is 54.6 Å². The average Bonchev–Trinajstić information content (AvgIpc) is 2.77. The number of ether oxygens (including phenoxy) is 1. The number of hydrogen-bond donors (Lipinski definition) is 2. The molecule has 0 saturated heterocycles. The maximum atomic E-state index is 12.5. The number of unbranched alkanes of at least 4 members (excludes halogenated alkanes) is 4. The fourth-order valence-corrected chi connectivity index (χ4v) is 3.46. The highest BCUT2D eigenvalue weighted by atomic mass is 32.1. The second-order valence-electron chi connectivity index (χ2n) is 7.22. The maximum absolute atomic E-state index is 12.5. The lowest BCUT2D eigenvalue weighted by molar-refractivity contribution is 0.0977. The molecule has 0 atom stereocenters. The Morgan fingerprint density at radius 2 is 1.63 bits per heavy atom. The summed E-state index contributed by atoms with van der Waals surface area (Å²) < 4.78 is 5.75. The van der Waals surface area contributed by atoms with E-state index in [1.165, 1.54) is 25.7 Å². The van der Waals surface area contributed by atoms with Gasteiger partial charge in [-0.25, -0.2) is 0 Å². The van der Waals surface area contributed by atoms with Crippen molar-refractivity contribution >= 4 is 39.7 Å². The van der Waals surface area contributed by atoms with Gasteiger partial charge in [-0.2, -0.15) is 0 Å². The third-order valence-electron chi connectivity index (χ3n) is 4.90. The van der Waals surface area contributed by atoms with Crippen LogP contribution in [-0.4, -0.2) is 17.6 Å². The normalized spacial score (nSPS) is 10.6. The molecule has 156 valence electrons. The van der Waals surface area contributed by atoms with Crippen LogP contribution in [-0.2, 0) is 0 Å². The standard InChI is InChI=1S/C25H28N2O2S/c1-2-3-4-5-8-18-29-21-16-14-20(15-17-21)24(28)27-25(30)26-23-13-9-11-19-10-6-7-12-22(19)23/h6-7,9-17H,2-5,8,18H2,1H3,(H2,26,27,28,30). The first-order chi connectivity index (χ1) is 14.7. The van der Waals surface area contributed by atoms with Crippen LogP contribution in [0, 0.1) is 0 Å². The fraction of sp³-hybridized carbons (Fsp3) is 0.280. The molecule has 0 heterocycles. The topological polar surface area (TPSA) is 50.4 Å². The minimum absolute atomic E-state index is 0.251. The second-order valence-corrected chi connectivity index (χ2v) is 7.63. The summed E-state index contributed by atoms with van der Waals surface area (Å²) in [5.74, 6) is 0.525. The molecule has 3 rings (SSSR count). The van der Waals surface area contributed by atoms with Gasteiger partial charge in [-0.15, -0.1) is 0 Å². The Bertz CT molecular complexity index is 981. The molecule has 0 bridgehead atoms. The zero-order chi connectivity index (χ0) is 21.2. The molecule has 0 fully saturated rings. The molecule has 3 aromatic rings. The summed E-state index contributed by atoms with van der Waals surface area (Å²) in [5, 5.41) is 8.29. The number of thiocarbonyl (C=S) groups is 1. The van der Waals surface area contributed by atoms with Crippen molar-refractivity contribution in [3.8, 4) is 5.75 Å². The minimum atomic E-state index is -0.251. The minimum Gasteiger partial charge on any atom is -0.494 e. The fourth-order valence-electron chi connectivity index (χ4n) is 3.26. The molecule has 0 radical (unpaired) electrons. The van der Waals surface area contributed by atoms with Gasteiger partial charge in [-0.1, -0.05) is 69.0 Å². The van der Waals surface area contributed by atoms with Gasteiger partial charge in [0.15, 0.2) is 5.11 Å². The molecule has 0 spiro atoms. The van der Waals surface area contributed by atoms with Gasteiger partial charge in [0.1, 0.15) is 5.75 Å². The van der Waals surface area contributed by atoms with Gasteiger partial charge >= 0.3 is 0 Å². The summed E-state index contributed by atoms with van der Waals surface area (Å²) in [7, 11) is 0. The van der Waals surface area contributed by atoms with Crippen LogP contribution < -0.4 is 15.4 Å². The van der Waals surface area contributed by atoms with Crippen molar-refractivity contribution in [1.29, 1.82) is 0 Å². The SMILES string of the molecule is CCCCCCCOc1ccc(C(=O)NC(=S)Nc2cccc3ccccc23)cc1. The van der Waals surface area contributed by atoms with Crippen LogP contribution in [0.25, 0.3) is 10.8 Å². The molecule has 2 N–H and O–H groups in total. The molecule has 1 amide bonds. The number of carbonyl (C=O) groups is 1. The number of rotatable bonds is 9. The Kier molecular flexibility index (Phi) is 8.21. The zero-order valence-corrected chi connectivity index (χ0v) is 18.1. The highest BCUT2D eigenvalue weighted by molar-refractivity contribution is 7.80. The number of amides is 1. The number of fused-ring (bicyclic) bond motifs is 1. The number of nitrogens with one attached hydrogen (secondary N) is 2. The summed E-state index contributed by atoms with van der Waals surface area (Å²) in [6.45, 7) is 2.91. The van der Waals surface area contributed by atoms with Crippen molar-refractivity contribution in [2.45, 2.75) is 39.0 Å². The molecule has 5 heteroatoms.